The van der Waals surface area contributed by atoms with Crippen molar-refractivity contribution in [3.8, 4) is 10.6 Å². The van der Waals surface area contributed by atoms with E-state index in [0.29, 0.717) is 5.13 Å². The van der Waals surface area contributed by atoms with Crippen LogP contribution in [-0.4, -0.2) is 22.0 Å². The molecule has 0 aliphatic carbocycles. The molecular formula is C11H8N2O3S2. The van der Waals surface area contributed by atoms with Gasteiger partial charge in [0.05, 0.1) is 10.6 Å². The van der Waals surface area contributed by atoms with Gasteiger partial charge in [-0.05, 0) is 11.4 Å². The minimum atomic E-state index is -1.16. The highest BCUT2D eigenvalue weighted by Gasteiger charge is 2.07. The van der Waals surface area contributed by atoms with Crippen LogP contribution in [-0.2, 0) is 9.59 Å². The molecule has 0 aliphatic heterocycles. The molecule has 0 spiro atoms. The predicted molar refractivity (Wildman–Crippen MR) is 70.8 cm³/mol. The molecule has 2 heterocycles. The first-order valence-corrected chi connectivity index (χ1v) is 6.62. The van der Waals surface area contributed by atoms with E-state index in [4.69, 9.17) is 5.11 Å². The fraction of sp³-hybridized carbons (Fsp3) is 0. The lowest BCUT2D eigenvalue weighted by Gasteiger charge is -1.94. The molecule has 0 bridgehead atoms. The number of carbonyl (C=O) groups excluding carboxylic acids is 1. The molecule has 18 heavy (non-hydrogen) atoms. The normalized spacial score (nSPS) is 10.7. The van der Waals surface area contributed by atoms with Gasteiger partial charge in [-0.25, -0.2) is 9.78 Å². The maximum absolute atomic E-state index is 11.3. The van der Waals surface area contributed by atoms with Gasteiger partial charge in [0.1, 0.15) is 0 Å². The second-order valence-corrected chi connectivity index (χ2v) is 4.98. The van der Waals surface area contributed by atoms with E-state index in [1.165, 1.54) is 11.3 Å². The highest BCUT2D eigenvalue weighted by Crippen LogP contribution is 2.28. The summed E-state index contributed by atoms with van der Waals surface area (Å²) < 4.78 is 0. The summed E-state index contributed by atoms with van der Waals surface area (Å²) in [6.07, 6.45) is 1.73. The van der Waals surface area contributed by atoms with E-state index in [0.717, 1.165) is 22.7 Å². The Bertz CT molecular complexity index is 587. The average Bonchev–Trinajstić information content (AvgIpc) is 2.95. The lowest BCUT2D eigenvalue weighted by atomic mass is 10.4. The van der Waals surface area contributed by atoms with Gasteiger partial charge in [0.15, 0.2) is 5.13 Å². The first kappa shape index (κ1) is 12.5. The number of hydrogen-bond acceptors (Lipinski definition) is 5. The van der Waals surface area contributed by atoms with Gasteiger partial charge in [0.2, 0.25) is 5.91 Å². The number of carbonyl (C=O) groups is 2. The lowest BCUT2D eigenvalue weighted by Crippen LogP contribution is -2.08. The van der Waals surface area contributed by atoms with Gasteiger partial charge in [-0.1, -0.05) is 6.07 Å². The molecule has 2 aromatic heterocycles. The molecule has 0 unspecified atom stereocenters. The molecule has 0 saturated heterocycles. The molecule has 0 saturated carbocycles. The summed E-state index contributed by atoms with van der Waals surface area (Å²) in [5.41, 5.74) is 0.799. The largest absolute Gasteiger partial charge is 0.478 e. The number of hydrogen-bond donors (Lipinski definition) is 2. The quantitative estimate of drug-likeness (QED) is 0.843. The zero-order valence-corrected chi connectivity index (χ0v) is 10.6. The third kappa shape index (κ3) is 3.25. The van der Waals surface area contributed by atoms with Crippen LogP contribution in [0.5, 0.6) is 0 Å². The molecule has 0 fully saturated rings. The van der Waals surface area contributed by atoms with Crippen molar-refractivity contribution in [3.63, 3.8) is 0 Å². The summed E-state index contributed by atoms with van der Waals surface area (Å²) >= 11 is 2.85. The second-order valence-electron chi connectivity index (χ2n) is 3.18. The molecule has 7 heteroatoms. The number of rotatable bonds is 4. The Morgan fingerprint density at radius 2 is 2.17 bits per heavy atom. The van der Waals surface area contributed by atoms with Crippen LogP contribution in [0.4, 0.5) is 5.13 Å². The van der Waals surface area contributed by atoms with Crippen LogP contribution in [0.2, 0.25) is 0 Å². The lowest BCUT2D eigenvalue weighted by molar-refractivity contribution is -0.131. The molecule has 0 aromatic carbocycles. The topological polar surface area (TPSA) is 79.3 Å². The number of aromatic nitrogens is 1. The van der Waals surface area contributed by atoms with Gasteiger partial charge in [-0.15, -0.1) is 22.7 Å². The van der Waals surface area contributed by atoms with E-state index < -0.39 is 11.9 Å². The third-order valence-electron chi connectivity index (χ3n) is 1.89. The summed E-state index contributed by atoms with van der Waals surface area (Å²) in [5, 5.41) is 15.1. The van der Waals surface area contributed by atoms with Crippen LogP contribution in [0, 0.1) is 0 Å². The summed E-state index contributed by atoms with van der Waals surface area (Å²) in [7, 11) is 0. The monoisotopic (exact) mass is 280 g/mol. The van der Waals surface area contributed by atoms with Gasteiger partial charge in [-0.3, -0.25) is 10.1 Å². The highest BCUT2D eigenvalue weighted by molar-refractivity contribution is 7.16. The van der Waals surface area contributed by atoms with Gasteiger partial charge in [-0.2, -0.15) is 0 Å². The molecule has 2 rings (SSSR count). The zero-order chi connectivity index (χ0) is 13.0. The van der Waals surface area contributed by atoms with E-state index >= 15 is 0 Å². The molecule has 0 radical (unpaired) electrons. The van der Waals surface area contributed by atoms with Crippen LogP contribution in [0.3, 0.4) is 0 Å². The van der Waals surface area contributed by atoms with Crippen LogP contribution in [0.1, 0.15) is 0 Å². The standard InChI is InChI=1S/C11H8N2O3S2/c14-9(3-4-10(15)16)13-11-12-7(6-18-11)8-2-1-5-17-8/h1-6H,(H,15,16)(H,12,13,14). The summed E-state index contributed by atoms with van der Waals surface area (Å²) in [6.45, 7) is 0. The number of amides is 1. The number of aliphatic carboxylic acids is 1. The van der Waals surface area contributed by atoms with Crippen molar-refractivity contribution in [1.29, 1.82) is 0 Å². The van der Waals surface area contributed by atoms with Gasteiger partial charge < -0.3 is 5.11 Å². The number of carboxylic acids is 1. The van der Waals surface area contributed by atoms with Crippen molar-refractivity contribution in [2.24, 2.45) is 0 Å². The average molecular weight is 280 g/mol. The summed E-state index contributed by atoms with van der Waals surface area (Å²) in [4.78, 5) is 26.8. The maximum Gasteiger partial charge on any atom is 0.328 e. The Labute approximate surface area is 110 Å². The second kappa shape index (κ2) is 5.56. The minimum Gasteiger partial charge on any atom is -0.478 e. The third-order valence-corrected chi connectivity index (χ3v) is 3.54. The number of carboxylic acid groups (broad SMARTS) is 1. The van der Waals surface area contributed by atoms with E-state index in [9.17, 15) is 9.59 Å². The number of thiazole rings is 1. The van der Waals surface area contributed by atoms with Gasteiger partial charge >= 0.3 is 5.97 Å². The molecule has 2 aromatic rings. The van der Waals surface area contributed by atoms with Crippen molar-refractivity contribution < 1.29 is 14.7 Å². The minimum absolute atomic E-state index is 0.443. The van der Waals surface area contributed by atoms with E-state index in [2.05, 4.69) is 10.3 Å². The summed E-state index contributed by atoms with van der Waals surface area (Å²) in [6, 6.07) is 3.86. The Kier molecular flexibility index (Phi) is 3.85. The smallest absolute Gasteiger partial charge is 0.328 e. The number of anilines is 1. The SMILES string of the molecule is O=C(O)C=CC(=O)Nc1nc(-c2cccs2)cs1. The van der Waals surface area contributed by atoms with Crippen LogP contribution >= 0.6 is 22.7 Å². The van der Waals surface area contributed by atoms with Crippen LogP contribution in [0.25, 0.3) is 10.6 Å². The highest BCUT2D eigenvalue weighted by atomic mass is 32.1. The molecule has 92 valence electrons. The Morgan fingerprint density at radius 1 is 1.33 bits per heavy atom. The van der Waals surface area contributed by atoms with Crippen LogP contribution in [0.15, 0.2) is 35.0 Å². The molecule has 1 amide bonds. The maximum atomic E-state index is 11.3. The fourth-order valence-corrected chi connectivity index (χ4v) is 2.64. The summed E-state index contributed by atoms with van der Waals surface area (Å²) in [5.74, 6) is -1.67. The first-order valence-electron chi connectivity index (χ1n) is 4.86. The van der Waals surface area contributed by atoms with E-state index in [1.54, 1.807) is 11.3 Å². The number of nitrogens with one attached hydrogen (secondary N) is 1. The first-order chi connectivity index (χ1) is 8.65. The van der Waals surface area contributed by atoms with Crippen molar-refractivity contribution in [1.82, 2.24) is 4.98 Å². The van der Waals surface area contributed by atoms with Crippen LogP contribution < -0.4 is 5.32 Å². The van der Waals surface area contributed by atoms with E-state index in [-0.39, 0.29) is 0 Å². The molecule has 2 N–H and O–H groups in total. The van der Waals surface area contributed by atoms with E-state index in [1.807, 2.05) is 22.9 Å². The number of nitrogens with zero attached hydrogens (tertiary/aromatic N) is 1. The predicted octanol–water partition coefficient (Wildman–Crippen LogP) is 2.45. The van der Waals surface area contributed by atoms with Gasteiger partial charge in [0.25, 0.3) is 0 Å². The van der Waals surface area contributed by atoms with Crippen molar-refractivity contribution in [2.75, 3.05) is 5.32 Å². The molecule has 0 aliphatic rings. The fourth-order valence-electron chi connectivity index (χ4n) is 1.16. The Hall–Kier alpha value is -1.99. The molecular weight excluding hydrogens is 272 g/mol. The Balaban J connectivity index is 2.03. The van der Waals surface area contributed by atoms with Crippen molar-refractivity contribution in [3.05, 3.63) is 35.0 Å². The van der Waals surface area contributed by atoms with Gasteiger partial charge in [0, 0.05) is 17.5 Å². The van der Waals surface area contributed by atoms with Crippen molar-refractivity contribution in [2.45, 2.75) is 0 Å². The molecule has 5 nitrogen and oxygen atoms in total. The zero-order valence-electron chi connectivity index (χ0n) is 8.99. The van der Waals surface area contributed by atoms with Crippen molar-refractivity contribution >= 4 is 39.7 Å². The molecule has 0 atom stereocenters. The number of thiophene rings is 1. The Morgan fingerprint density at radius 3 is 2.83 bits per heavy atom.